The summed E-state index contributed by atoms with van der Waals surface area (Å²) in [5, 5.41) is 7.29. The molecule has 1 saturated carbocycles. The number of hydrogen-bond donors (Lipinski definition) is 2. The summed E-state index contributed by atoms with van der Waals surface area (Å²) in [6.45, 7) is 4.48. The fraction of sp³-hybridized carbons (Fsp3) is 0.417. The van der Waals surface area contributed by atoms with Crippen molar-refractivity contribution in [1.82, 2.24) is 10.6 Å². The minimum Gasteiger partial charge on any atom is -0.450 e. The molecule has 1 aliphatic carbocycles. The number of fused-ring (bicyclic) bond motifs is 1. The van der Waals surface area contributed by atoms with E-state index in [4.69, 9.17) is 27.9 Å². The molecule has 2 aromatic carbocycles. The summed E-state index contributed by atoms with van der Waals surface area (Å²) in [5.41, 5.74) is 2.23. The monoisotopic (exact) mass is 460 g/mol. The fourth-order valence-electron chi connectivity index (χ4n) is 5.27. The molecule has 2 aromatic rings. The molecule has 1 heterocycles. The molecule has 0 aromatic heterocycles. The number of carbonyl (C=O) groups is 2. The van der Waals surface area contributed by atoms with Gasteiger partial charge in [-0.05, 0) is 73.4 Å². The third-order valence-corrected chi connectivity index (χ3v) is 7.23. The second-order valence-corrected chi connectivity index (χ2v) is 9.22. The quantitative estimate of drug-likeness (QED) is 0.658. The third kappa shape index (κ3) is 4.01. The number of alkyl carbamates (subject to hydrolysis) is 1. The minimum atomic E-state index is -1.01. The van der Waals surface area contributed by atoms with Gasteiger partial charge >= 0.3 is 6.09 Å². The van der Waals surface area contributed by atoms with E-state index in [2.05, 4.69) is 22.8 Å². The van der Waals surface area contributed by atoms with Gasteiger partial charge in [0.15, 0.2) is 0 Å². The van der Waals surface area contributed by atoms with Crippen molar-refractivity contribution >= 4 is 35.2 Å². The van der Waals surface area contributed by atoms with Gasteiger partial charge in [-0.25, -0.2) is 4.79 Å². The molecule has 7 heteroatoms. The average molecular weight is 461 g/mol. The number of amides is 2. The zero-order valence-electron chi connectivity index (χ0n) is 17.6. The zero-order valence-corrected chi connectivity index (χ0v) is 19.1. The van der Waals surface area contributed by atoms with E-state index in [1.807, 2.05) is 37.3 Å². The Hall–Kier alpha value is -2.24. The number of hydrogen-bond acceptors (Lipinski definition) is 3. The van der Waals surface area contributed by atoms with Crippen LogP contribution < -0.4 is 10.6 Å². The van der Waals surface area contributed by atoms with Gasteiger partial charge in [0.2, 0.25) is 5.91 Å². The van der Waals surface area contributed by atoms with Crippen LogP contribution in [0.4, 0.5) is 4.79 Å². The van der Waals surface area contributed by atoms with Gasteiger partial charge in [0.1, 0.15) is 5.54 Å². The summed E-state index contributed by atoms with van der Waals surface area (Å²) in [6, 6.07) is 13.9. The molecule has 2 N–H and O–H groups in total. The first kappa shape index (κ1) is 22.0. The number of halogens is 2. The highest BCUT2D eigenvalue weighted by Crippen LogP contribution is 2.54. The SMILES string of the molecule is CCOC(=O)N[C@@]12CC[C@@H](c3ccc(C)cc3Cl)[C@H](c3ccc(Cl)cc3)[C@@H]1CNC2=O. The Morgan fingerprint density at radius 1 is 1.23 bits per heavy atom. The Kier molecular flexibility index (Phi) is 6.18. The third-order valence-electron chi connectivity index (χ3n) is 6.65. The molecule has 0 bridgehead atoms. The molecule has 5 nitrogen and oxygen atoms in total. The summed E-state index contributed by atoms with van der Waals surface area (Å²) in [4.78, 5) is 25.4. The molecule has 31 heavy (non-hydrogen) atoms. The Balaban J connectivity index is 1.80. The predicted octanol–water partition coefficient (Wildman–Crippen LogP) is 5.19. The van der Waals surface area contributed by atoms with Gasteiger partial charge in [-0.3, -0.25) is 4.79 Å². The first-order chi connectivity index (χ1) is 14.9. The summed E-state index contributed by atoms with van der Waals surface area (Å²) in [6.07, 6.45) is 0.652. The van der Waals surface area contributed by atoms with Gasteiger partial charge in [-0.15, -0.1) is 0 Å². The van der Waals surface area contributed by atoms with E-state index in [0.29, 0.717) is 24.4 Å². The first-order valence-corrected chi connectivity index (χ1v) is 11.4. The molecule has 164 valence electrons. The minimum absolute atomic E-state index is 0.0351. The molecule has 1 aliphatic heterocycles. The van der Waals surface area contributed by atoms with Gasteiger partial charge in [-0.2, -0.15) is 0 Å². The van der Waals surface area contributed by atoms with E-state index in [1.54, 1.807) is 6.92 Å². The van der Waals surface area contributed by atoms with Crippen molar-refractivity contribution in [2.75, 3.05) is 13.2 Å². The normalized spacial score (nSPS) is 27.4. The molecule has 0 radical (unpaired) electrons. The predicted molar refractivity (Wildman–Crippen MR) is 122 cm³/mol. The second kappa shape index (κ2) is 8.71. The lowest BCUT2D eigenvalue weighted by Gasteiger charge is -2.46. The number of aryl methyl sites for hydroxylation is 1. The first-order valence-electron chi connectivity index (χ1n) is 10.6. The summed E-state index contributed by atoms with van der Waals surface area (Å²) >= 11 is 12.8. The van der Waals surface area contributed by atoms with Crippen LogP contribution in [0.3, 0.4) is 0 Å². The van der Waals surface area contributed by atoms with Crippen LogP contribution in [0.1, 0.15) is 48.3 Å². The Bertz CT molecular complexity index is 995. The van der Waals surface area contributed by atoms with Crippen molar-refractivity contribution in [3.05, 3.63) is 69.2 Å². The highest BCUT2D eigenvalue weighted by molar-refractivity contribution is 6.31. The van der Waals surface area contributed by atoms with E-state index in [-0.39, 0.29) is 30.3 Å². The van der Waals surface area contributed by atoms with E-state index >= 15 is 0 Å². The Labute approximate surface area is 192 Å². The van der Waals surface area contributed by atoms with Crippen molar-refractivity contribution in [1.29, 1.82) is 0 Å². The molecule has 2 aliphatic rings. The van der Waals surface area contributed by atoms with Crippen LogP contribution in [0.25, 0.3) is 0 Å². The number of nitrogens with one attached hydrogen (secondary N) is 2. The fourth-order valence-corrected chi connectivity index (χ4v) is 5.77. The van der Waals surface area contributed by atoms with Gasteiger partial charge in [0, 0.05) is 22.5 Å². The van der Waals surface area contributed by atoms with Crippen molar-refractivity contribution < 1.29 is 14.3 Å². The van der Waals surface area contributed by atoms with E-state index in [1.165, 1.54) is 0 Å². The molecule has 0 unspecified atom stereocenters. The summed E-state index contributed by atoms with van der Waals surface area (Å²) in [5.74, 6) is -0.240. The zero-order chi connectivity index (χ0) is 22.2. The maximum atomic E-state index is 13.0. The van der Waals surface area contributed by atoms with Crippen LogP contribution in [0.15, 0.2) is 42.5 Å². The molecule has 0 spiro atoms. The molecule has 2 fully saturated rings. The summed E-state index contributed by atoms with van der Waals surface area (Å²) < 4.78 is 5.13. The van der Waals surface area contributed by atoms with Gasteiger partial charge in [-0.1, -0.05) is 47.5 Å². The number of carbonyl (C=O) groups excluding carboxylic acids is 2. The highest BCUT2D eigenvalue weighted by atomic mass is 35.5. The van der Waals surface area contributed by atoms with Gasteiger partial charge < -0.3 is 15.4 Å². The smallest absolute Gasteiger partial charge is 0.408 e. The molecule has 4 atom stereocenters. The van der Waals surface area contributed by atoms with Crippen molar-refractivity contribution in [2.24, 2.45) is 5.92 Å². The molecule has 1 saturated heterocycles. The molecular formula is C24H26Cl2N2O3. The number of benzene rings is 2. The van der Waals surface area contributed by atoms with Crippen LogP contribution in [0, 0.1) is 12.8 Å². The second-order valence-electron chi connectivity index (χ2n) is 8.38. The summed E-state index contributed by atoms with van der Waals surface area (Å²) in [7, 11) is 0. The Morgan fingerprint density at radius 3 is 2.65 bits per heavy atom. The lowest BCUT2D eigenvalue weighted by Crippen LogP contribution is -2.60. The van der Waals surface area contributed by atoms with Gasteiger partial charge in [0.05, 0.1) is 6.61 Å². The largest absolute Gasteiger partial charge is 0.450 e. The van der Waals surface area contributed by atoms with E-state index in [9.17, 15) is 9.59 Å². The molecular weight excluding hydrogens is 435 g/mol. The standard InChI is InChI=1S/C24H26Cl2N2O3/c1-3-31-23(30)28-24-11-10-18(17-9-4-14(2)12-20(17)26)21(19(24)13-27-22(24)29)15-5-7-16(25)8-6-15/h4-9,12,18-19,21H,3,10-11,13H2,1-2H3,(H,27,29)(H,28,30)/t18-,19-,21-,24-/m0/s1. The highest BCUT2D eigenvalue weighted by Gasteiger charge is 2.59. The Morgan fingerprint density at radius 2 is 1.97 bits per heavy atom. The van der Waals surface area contributed by atoms with Gasteiger partial charge in [0.25, 0.3) is 0 Å². The molecule has 4 rings (SSSR count). The lowest BCUT2D eigenvalue weighted by atomic mass is 9.60. The molecule has 2 amide bonds. The van der Waals surface area contributed by atoms with Crippen LogP contribution >= 0.6 is 23.2 Å². The average Bonchev–Trinajstić information content (AvgIpc) is 3.05. The van der Waals surface area contributed by atoms with Crippen molar-refractivity contribution in [3.63, 3.8) is 0 Å². The van der Waals surface area contributed by atoms with Crippen LogP contribution in [0.2, 0.25) is 10.0 Å². The van der Waals surface area contributed by atoms with Crippen molar-refractivity contribution in [2.45, 2.75) is 44.1 Å². The van der Waals surface area contributed by atoms with Crippen LogP contribution in [-0.2, 0) is 9.53 Å². The van der Waals surface area contributed by atoms with E-state index in [0.717, 1.165) is 21.7 Å². The number of rotatable bonds is 4. The maximum Gasteiger partial charge on any atom is 0.408 e. The number of ether oxygens (including phenoxy) is 1. The van der Waals surface area contributed by atoms with Crippen molar-refractivity contribution in [3.8, 4) is 0 Å². The lowest BCUT2D eigenvalue weighted by molar-refractivity contribution is -0.126. The van der Waals surface area contributed by atoms with E-state index < -0.39 is 11.6 Å². The maximum absolute atomic E-state index is 13.0. The van der Waals surface area contributed by atoms with Crippen LogP contribution in [-0.4, -0.2) is 30.7 Å². The van der Waals surface area contributed by atoms with Crippen LogP contribution in [0.5, 0.6) is 0 Å². The topological polar surface area (TPSA) is 67.4 Å².